The topological polar surface area (TPSA) is 21.6 Å². The summed E-state index contributed by atoms with van der Waals surface area (Å²) in [5.41, 5.74) is 1.26. The van der Waals surface area contributed by atoms with Crippen LogP contribution in [0.5, 0.6) is 0 Å². The number of aliphatic imine (C=N–C) groups is 1. The standard InChI is InChI=1S/C13H17NO/c1-10(2)12-9-14-13(15-12)8-11-6-4-3-5-7-11/h3-7,10,12H,8-9H2,1-2H3. The van der Waals surface area contributed by atoms with Gasteiger partial charge in [-0.1, -0.05) is 44.2 Å². The minimum atomic E-state index is 0.281. The fraction of sp³-hybridized carbons (Fsp3) is 0.462. The molecule has 0 spiro atoms. The first-order valence-corrected chi connectivity index (χ1v) is 5.49. The Bertz CT molecular complexity index is 343. The van der Waals surface area contributed by atoms with E-state index in [0.717, 1.165) is 18.9 Å². The number of ether oxygens (including phenoxy) is 1. The Morgan fingerprint density at radius 1 is 1.33 bits per heavy atom. The lowest BCUT2D eigenvalue weighted by Crippen LogP contribution is -2.20. The van der Waals surface area contributed by atoms with E-state index in [1.165, 1.54) is 5.56 Å². The first-order chi connectivity index (χ1) is 7.25. The average molecular weight is 203 g/mol. The molecule has 0 bridgehead atoms. The van der Waals surface area contributed by atoms with Gasteiger partial charge in [-0.25, -0.2) is 0 Å². The summed E-state index contributed by atoms with van der Waals surface area (Å²) in [6.07, 6.45) is 1.10. The highest BCUT2D eigenvalue weighted by Gasteiger charge is 2.22. The fourth-order valence-electron chi connectivity index (χ4n) is 1.66. The number of nitrogens with zero attached hydrogens (tertiary/aromatic N) is 1. The Morgan fingerprint density at radius 2 is 2.07 bits per heavy atom. The van der Waals surface area contributed by atoms with E-state index in [1.807, 2.05) is 18.2 Å². The Hall–Kier alpha value is -1.31. The maximum absolute atomic E-state index is 5.78. The summed E-state index contributed by atoms with van der Waals surface area (Å²) in [4.78, 5) is 4.43. The summed E-state index contributed by atoms with van der Waals surface area (Å²) in [7, 11) is 0. The maximum atomic E-state index is 5.78. The molecular formula is C13H17NO. The van der Waals surface area contributed by atoms with Gasteiger partial charge in [-0.2, -0.15) is 0 Å². The number of hydrogen-bond donors (Lipinski definition) is 0. The van der Waals surface area contributed by atoms with Gasteiger partial charge in [0.2, 0.25) is 0 Å². The molecule has 1 unspecified atom stereocenters. The average Bonchev–Trinajstić information content (AvgIpc) is 2.68. The molecule has 0 saturated heterocycles. The second-order valence-corrected chi connectivity index (χ2v) is 4.30. The molecule has 0 N–H and O–H groups in total. The fourth-order valence-corrected chi connectivity index (χ4v) is 1.66. The lowest BCUT2D eigenvalue weighted by Gasteiger charge is -2.14. The van der Waals surface area contributed by atoms with Crippen molar-refractivity contribution in [2.45, 2.75) is 26.4 Å². The molecular weight excluding hydrogens is 186 g/mol. The molecule has 1 aromatic rings. The van der Waals surface area contributed by atoms with Crippen LogP contribution in [0.15, 0.2) is 35.3 Å². The molecule has 0 radical (unpaired) electrons. The Kier molecular flexibility index (Phi) is 3.05. The van der Waals surface area contributed by atoms with Crippen LogP contribution in [-0.2, 0) is 11.2 Å². The summed E-state index contributed by atoms with van der Waals surface area (Å²) in [6.45, 7) is 5.16. The molecule has 0 fully saturated rings. The second kappa shape index (κ2) is 4.47. The van der Waals surface area contributed by atoms with Gasteiger partial charge in [0.25, 0.3) is 0 Å². The van der Waals surface area contributed by atoms with Crippen molar-refractivity contribution in [3.8, 4) is 0 Å². The summed E-state index contributed by atoms with van der Waals surface area (Å²) in [5.74, 6) is 1.43. The zero-order valence-corrected chi connectivity index (χ0v) is 9.31. The first-order valence-electron chi connectivity index (χ1n) is 5.49. The molecule has 1 atom stereocenters. The van der Waals surface area contributed by atoms with E-state index < -0.39 is 0 Å². The second-order valence-electron chi connectivity index (χ2n) is 4.30. The third-order valence-corrected chi connectivity index (χ3v) is 2.68. The molecule has 15 heavy (non-hydrogen) atoms. The Labute approximate surface area is 91.0 Å². The van der Waals surface area contributed by atoms with Crippen molar-refractivity contribution in [2.75, 3.05) is 6.54 Å². The van der Waals surface area contributed by atoms with Crippen LogP contribution in [0.2, 0.25) is 0 Å². The Balaban J connectivity index is 1.93. The predicted octanol–water partition coefficient (Wildman–Crippen LogP) is 2.68. The van der Waals surface area contributed by atoms with Crippen LogP contribution < -0.4 is 0 Å². The molecule has 0 aromatic heterocycles. The van der Waals surface area contributed by atoms with Gasteiger partial charge in [0.1, 0.15) is 6.10 Å². The van der Waals surface area contributed by atoms with E-state index in [1.54, 1.807) is 0 Å². The van der Waals surface area contributed by atoms with Gasteiger partial charge in [-0.15, -0.1) is 0 Å². The minimum absolute atomic E-state index is 0.281. The monoisotopic (exact) mass is 203 g/mol. The van der Waals surface area contributed by atoms with Gasteiger partial charge in [0.15, 0.2) is 5.90 Å². The highest BCUT2D eigenvalue weighted by Crippen LogP contribution is 2.15. The summed E-state index contributed by atoms with van der Waals surface area (Å²) < 4.78 is 5.78. The van der Waals surface area contributed by atoms with Gasteiger partial charge < -0.3 is 4.74 Å². The smallest absolute Gasteiger partial charge is 0.188 e. The van der Waals surface area contributed by atoms with E-state index in [2.05, 4.69) is 31.0 Å². The quantitative estimate of drug-likeness (QED) is 0.740. The van der Waals surface area contributed by atoms with E-state index >= 15 is 0 Å². The van der Waals surface area contributed by atoms with Crippen LogP contribution >= 0.6 is 0 Å². The van der Waals surface area contributed by atoms with Gasteiger partial charge in [-0.3, -0.25) is 4.99 Å². The largest absolute Gasteiger partial charge is 0.475 e. The van der Waals surface area contributed by atoms with E-state index in [0.29, 0.717) is 5.92 Å². The van der Waals surface area contributed by atoms with Crippen molar-refractivity contribution < 1.29 is 4.74 Å². The SMILES string of the molecule is CC(C)C1CN=C(Cc2ccccc2)O1. The van der Waals surface area contributed by atoms with Crippen molar-refractivity contribution in [2.24, 2.45) is 10.9 Å². The van der Waals surface area contributed by atoms with Crippen LogP contribution in [0.1, 0.15) is 19.4 Å². The van der Waals surface area contributed by atoms with Gasteiger partial charge in [0, 0.05) is 6.42 Å². The van der Waals surface area contributed by atoms with Crippen molar-refractivity contribution in [1.29, 1.82) is 0 Å². The number of rotatable bonds is 3. The molecule has 0 aliphatic carbocycles. The van der Waals surface area contributed by atoms with Gasteiger partial charge >= 0.3 is 0 Å². The summed E-state index contributed by atoms with van der Waals surface area (Å²) in [5, 5.41) is 0. The maximum Gasteiger partial charge on any atom is 0.188 e. The molecule has 2 rings (SSSR count). The normalized spacial score (nSPS) is 20.2. The van der Waals surface area contributed by atoms with Crippen LogP contribution in [0, 0.1) is 5.92 Å². The molecule has 0 amide bonds. The highest BCUT2D eigenvalue weighted by atomic mass is 16.5. The van der Waals surface area contributed by atoms with Gasteiger partial charge in [-0.05, 0) is 11.5 Å². The van der Waals surface area contributed by atoms with Crippen LogP contribution in [0.25, 0.3) is 0 Å². The molecule has 0 saturated carbocycles. The predicted molar refractivity (Wildman–Crippen MR) is 62.2 cm³/mol. The molecule has 2 nitrogen and oxygen atoms in total. The lowest BCUT2D eigenvalue weighted by atomic mass is 10.1. The molecule has 80 valence electrons. The van der Waals surface area contributed by atoms with E-state index in [-0.39, 0.29) is 6.10 Å². The summed E-state index contributed by atoms with van der Waals surface area (Å²) in [6, 6.07) is 10.3. The van der Waals surface area contributed by atoms with Crippen LogP contribution in [-0.4, -0.2) is 18.5 Å². The molecule has 2 heteroatoms. The lowest BCUT2D eigenvalue weighted by molar-refractivity contribution is 0.168. The zero-order chi connectivity index (χ0) is 10.7. The molecule has 1 aliphatic heterocycles. The van der Waals surface area contributed by atoms with E-state index in [9.17, 15) is 0 Å². The Morgan fingerprint density at radius 3 is 2.67 bits per heavy atom. The van der Waals surface area contributed by atoms with E-state index in [4.69, 9.17) is 4.74 Å². The molecule has 1 aromatic carbocycles. The van der Waals surface area contributed by atoms with Crippen molar-refractivity contribution >= 4 is 5.90 Å². The van der Waals surface area contributed by atoms with Crippen LogP contribution in [0.3, 0.4) is 0 Å². The van der Waals surface area contributed by atoms with Crippen molar-refractivity contribution in [3.05, 3.63) is 35.9 Å². The molecule has 1 aliphatic rings. The zero-order valence-electron chi connectivity index (χ0n) is 9.31. The summed E-state index contributed by atoms with van der Waals surface area (Å²) >= 11 is 0. The molecule has 1 heterocycles. The number of hydrogen-bond acceptors (Lipinski definition) is 2. The minimum Gasteiger partial charge on any atom is -0.475 e. The van der Waals surface area contributed by atoms with Crippen LogP contribution in [0.4, 0.5) is 0 Å². The first kappa shape index (κ1) is 10.2. The van der Waals surface area contributed by atoms with Crippen molar-refractivity contribution in [1.82, 2.24) is 0 Å². The third-order valence-electron chi connectivity index (χ3n) is 2.68. The number of benzene rings is 1. The van der Waals surface area contributed by atoms with Crippen molar-refractivity contribution in [3.63, 3.8) is 0 Å². The highest BCUT2D eigenvalue weighted by molar-refractivity contribution is 5.80. The third kappa shape index (κ3) is 2.58. The van der Waals surface area contributed by atoms with Gasteiger partial charge in [0.05, 0.1) is 6.54 Å².